The topological polar surface area (TPSA) is 95.9 Å². The summed E-state index contributed by atoms with van der Waals surface area (Å²) in [6.45, 7) is 4.22. The van der Waals surface area contributed by atoms with Crippen LogP contribution in [0.5, 0.6) is 0 Å². The van der Waals surface area contributed by atoms with Gasteiger partial charge in [-0.15, -0.1) is 0 Å². The van der Waals surface area contributed by atoms with Gasteiger partial charge < -0.3 is 20.1 Å². The lowest BCUT2D eigenvalue weighted by Gasteiger charge is -2.42. The zero-order valence-electron chi connectivity index (χ0n) is 19.8. The van der Waals surface area contributed by atoms with Crippen LogP contribution in [0.15, 0.2) is 48.5 Å². The summed E-state index contributed by atoms with van der Waals surface area (Å²) in [6, 6.07) is 15.5. The van der Waals surface area contributed by atoms with E-state index in [1.54, 1.807) is 6.92 Å². The number of nitrogens with one attached hydrogen (secondary N) is 1. The van der Waals surface area contributed by atoms with Gasteiger partial charge in [0.2, 0.25) is 5.91 Å². The Hall–Kier alpha value is -3.35. The highest BCUT2D eigenvalue weighted by molar-refractivity contribution is 5.84. The van der Waals surface area contributed by atoms with E-state index < -0.39 is 18.1 Å². The van der Waals surface area contributed by atoms with Crippen LogP contribution < -0.4 is 5.32 Å². The van der Waals surface area contributed by atoms with Crippen molar-refractivity contribution < 1.29 is 24.2 Å². The molecule has 1 saturated carbocycles. The summed E-state index contributed by atoms with van der Waals surface area (Å²) < 4.78 is 5.62. The third kappa shape index (κ3) is 4.65. The van der Waals surface area contributed by atoms with Gasteiger partial charge >= 0.3 is 12.1 Å². The van der Waals surface area contributed by atoms with Gasteiger partial charge in [0, 0.05) is 25.4 Å². The molecule has 1 atom stereocenters. The number of likely N-dealkylation sites (N-methyl/N-ethyl adjacent to an activating group) is 1. The normalized spacial score (nSPS) is 16.5. The van der Waals surface area contributed by atoms with Crippen molar-refractivity contribution in [1.82, 2.24) is 10.2 Å². The molecular formula is C27H32N2O5. The molecule has 34 heavy (non-hydrogen) atoms. The van der Waals surface area contributed by atoms with Crippen molar-refractivity contribution in [2.75, 3.05) is 19.7 Å². The Kier molecular flexibility index (Phi) is 6.91. The lowest BCUT2D eigenvalue weighted by molar-refractivity contribution is -0.150. The second-order valence-electron chi connectivity index (χ2n) is 9.40. The molecule has 1 fully saturated rings. The lowest BCUT2D eigenvalue weighted by Crippen LogP contribution is -2.49. The Morgan fingerprint density at radius 2 is 1.68 bits per heavy atom. The number of alkyl carbamates (subject to hydrolysis) is 1. The molecule has 1 unspecified atom stereocenters. The monoisotopic (exact) mass is 464 g/mol. The molecule has 4 rings (SSSR count). The van der Waals surface area contributed by atoms with E-state index >= 15 is 0 Å². The number of ether oxygens (including phenoxy) is 1. The fraction of sp³-hybridized carbons (Fsp3) is 0.444. The van der Waals surface area contributed by atoms with Gasteiger partial charge in [-0.1, -0.05) is 55.0 Å². The van der Waals surface area contributed by atoms with Gasteiger partial charge in [-0.2, -0.15) is 0 Å². The zero-order chi connectivity index (χ0) is 24.3. The molecule has 0 radical (unpaired) electrons. The van der Waals surface area contributed by atoms with E-state index in [1.165, 1.54) is 23.0 Å². The van der Waals surface area contributed by atoms with Crippen molar-refractivity contribution in [1.29, 1.82) is 0 Å². The van der Waals surface area contributed by atoms with Crippen molar-refractivity contribution >= 4 is 18.0 Å². The Labute approximate surface area is 200 Å². The third-order valence-electron chi connectivity index (χ3n) is 7.38. The molecule has 2 aromatic rings. The minimum absolute atomic E-state index is 0.00647. The highest BCUT2D eigenvalue weighted by Crippen LogP contribution is 2.45. The number of benzene rings is 2. The average molecular weight is 465 g/mol. The van der Waals surface area contributed by atoms with E-state index in [0.717, 1.165) is 30.4 Å². The number of carboxylic acids is 1. The predicted octanol–water partition coefficient (Wildman–Crippen LogP) is 4.41. The van der Waals surface area contributed by atoms with Gasteiger partial charge in [-0.3, -0.25) is 4.79 Å². The first kappa shape index (κ1) is 23.8. The van der Waals surface area contributed by atoms with Gasteiger partial charge in [0.25, 0.3) is 0 Å². The fourth-order valence-electron chi connectivity index (χ4n) is 5.22. The molecule has 7 nitrogen and oxygen atoms in total. The third-order valence-corrected chi connectivity index (χ3v) is 7.38. The van der Waals surface area contributed by atoms with Crippen molar-refractivity contribution in [3.05, 3.63) is 59.7 Å². The van der Waals surface area contributed by atoms with Crippen LogP contribution in [0.2, 0.25) is 0 Å². The molecule has 0 heterocycles. The quantitative estimate of drug-likeness (QED) is 0.573. The van der Waals surface area contributed by atoms with Crippen LogP contribution in [0.3, 0.4) is 0 Å². The van der Waals surface area contributed by atoms with Gasteiger partial charge in [-0.05, 0) is 54.4 Å². The number of aliphatic carboxylic acids is 1. The first-order valence-electron chi connectivity index (χ1n) is 12.0. The summed E-state index contributed by atoms with van der Waals surface area (Å²) in [5, 5.41) is 12.1. The van der Waals surface area contributed by atoms with E-state index in [9.17, 15) is 19.5 Å². The van der Waals surface area contributed by atoms with Crippen LogP contribution >= 0.6 is 0 Å². The molecule has 2 aliphatic carbocycles. The molecule has 2 aliphatic rings. The first-order valence-corrected chi connectivity index (χ1v) is 12.0. The number of carboxylic acid groups (broad SMARTS) is 1. The van der Waals surface area contributed by atoms with Crippen LogP contribution in [0.25, 0.3) is 11.1 Å². The average Bonchev–Trinajstić information content (AvgIpc) is 3.13. The van der Waals surface area contributed by atoms with E-state index in [4.69, 9.17) is 4.74 Å². The van der Waals surface area contributed by atoms with Crippen LogP contribution in [0.4, 0.5) is 4.79 Å². The number of rotatable bonds is 9. The van der Waals surface area contributed by atoms with Crippen LogP contribution in [-0.4, -0.2) is 53.7 Å². The minimum atomic E-state index is -1.02. The lowest BCUT2D eigenvalue weighted by atomic mass is 9.66. The molecule has 2 N–H and O–H groups in total. The molecule has 0 aromatic heterocycles. The zero-order valence-corrected chi connectivity index (χ0v) is 19.8. The summed E-state index contributed by atoms with van der Waals surface area (Å²) in [5.74, 6) is -1.21. The maximum Gasteiger partial charge on any atom is 0.407 e. The molecule has 2 aromatic carbocycles. The maximum atomic E-state index is 12.8. The summed E-state index contributed by atoms with van der Waals surface area (Å²) in [7, 11) is 0. The standard InChI is InChI=1S/C27H32N2O5/c1-3-29(18(2)25(31)32)24(30)15-27(13-8-14-27)17-28-26(33)34-16-23-21-11-6-4-9-19(21)20-10-5-7-12-22(20)23/h4-7,9-12,18,23H,3,8,13-17H2,1-2H3,(H,28,33)(H,31,32). The number of amides is 2. The van der Waals surface area contributed by atoms with Gasteiger partial charge in [-0.25, -0.2) is 9.59 Å². The Balaban J connectivity index is 1.34. The molecule has 2 amide bonds. The Bertz CT molecular complexity index is 1030. The molecule has 0 spiro atoms. The van der Waals surface area contributed by atoms with E-state index in [2.05, 4.69) is 29.6 Å². The number of nitrogens with zero attached hydrogens (tertiary/aromatic N) is 1. The molecular weight excluding hydrogens is 432 g/mol. The minimum Gasteiger partial charge on any atom is -0.480 e. The summed E-state index contributed by atoms with van der Waals surface area (Å²) in [6.07, 6.45) is 2.36. The Morgan fingerprint density at radius 3 is 2.18 bits per heavy atom. The SMILES string of the molecule is CCN(C(=O)CC1(CNC(=O)OCC2c3ccccc3-c3ccccc32)CCC1)C(C)C(=O)O. The number of hydrogen-bond acceptors (Lipinski definition) is 4. The second-order valence-corrected chi connectivity index (χ2v) is 9.40. The number of carbonyl (C=O) groups is 3. The van der Waals surface area contributed by atoms with E-state index in [0.29, 0.717) is 13.1 Å². The van der Waals surface area contributed by atoms with Gasteiger partial charge in [0.1, 0.15) is 12.6 Å². The van der Waals surface area contributed by atoms with Crippen molar-refractivity contribution in [2.45, 2.75) is 51.5 Å². The summed E-state index contributed by atoms with van der Waals surface area (Å²) in [4.78, 5) is 38.1. The molecule has 0 aliphatic heterocycles. The molecule has 0 bridgehead atoms. The van der Waals surface area contributed by atoms with E-state index in [1.807, 2.05) is 24.3 Å². The fourth-order valence-corrected chi connectivity index (χ4v) is 5.22. The van der Waals surface area contributed by atoms with E-state index in [-0.39, 0.29) is 30.3 Å². The Morgan fingerprint density at radius 1 is 1.09 bits per heavy atom. The second kappa shape index (κ2) is 9.87. The van der Waals surface area contributed by atoms with Crippen LogP contribution in [0.1, 0.15) is 56.6 Å². The molecule has 180 valence electrons. The van der Waals surface area contributed by atoms with Crippen LogP contribution in [-0.2, 0) is 14.3 Å². The highest BCUT2D eigenvalue weighted by atomic mass is 16.5. The molecule has 0 saturated heterocycles. The smallest absolute Gasteiger partial charge is 0.407 e. The highest BCUT2D eigenvalue weighted by Gasteiger charge is 2.41. The van der Waals surface area contributed by atoms with Crippen molar-refractivity contribution in [2.24, 2.45) is 5.41 Å². The largest absolute Gasteiger partial charge is 0.480 e. The van der Waals surface area contributed by atoms with Crippen molar-refractivity contribution in [3.63, 3.8) is 0 Å². The predicted molar refractivity (Wildman–Crippen MR) is 128 cm³/mol. The number of fused-ring (bicyclic) bond motifs is 3. The van der Waals surface area contributed by atoms with Crippen molar-refractivity contribution in [3.8, 4) is 11.1 Å². The summed E-state index contributed by atoms with van der Waals surface area (Å²) >= 11 is 0. The maximum absolute atomic E-state index is 12.8. The number of hydrogen-bond donors (Lipinski definition) is 2. The summed E-state index contributed by atoms with van der Waals surface area (Å²) in [5.41, 5.74) is 4.33. The first-order chi connectivity index (χ1) is 16.3. The van der Waals surface area contributed by atoms with Crippen LogP contribution in [0, 0.1) is 5.41 Å². The van der Waals surface area contributed by atoms with Gasteiger partial charge in [0.15, 0.2) is 0 Å². The van der Waals surface area contributed by atoms with Gasteiger partial charge in [0.05, 0.1) is 0 Å². The molecule has 7 heteroatoms. The number of carbonyl (C=O) groups excluding carboxylic acids is 2.